The molecule has 0 radical (unpaired) electrons. The van der Waals surface area contributed by atoms with Gasteiger partial charge in [0.1, 0.15) is 0 Å². The third kappa shape index (κ3) is 2.69. The first-order chi connectivity index (χ1) is 9.72. The second-order valence-electron chi connectivity index (χ2n) is 5.16. The van der Waals surface area contributed by atoms with E-state index >= 15 is 0 Å². The molecule has 2 aromatic heterocycles. The van der Waals surface area contributed by atoms with Crippen molar-refractivity contribution in [1.29, 1.82) is 0 Å². The lowest BCUT2D eigenvalue weighted by Crippen LogP contribution is -2.37. The molecule has 4 heteroatoms. The molecule has 3 rings (SSSR count). The highest BCUT2D eigenvalue weighted by Crippen LogP contribution is 2.18. The van der Waals surface area contributed by atoms with E-state index in [-0.39, 0.29) is 5.91 Å². The van der Waals surface area contributed by atoms with E-state index in [4.69, 9.17) is 0 Å². The number of carbonyl (C=O) groups is 1. The second-order valence-corrected chi connectivity index (χ2v) is 5.16. The molecule has 0 fully saturated rings. The SMILES string of the molecule is Cc1ccc2c(n1)CCN(C(=O)Cc1ccncc1)C2. The number of nitrogens with zero attached hydrogens (tertiary/aromatic N) is 3. The molecule has 0 saturated carbocycles. The maximum absolute atomic E-state index is 12.3. The van der Waals surface area contributed by atoms with Gasteiger partial charge in [-0.3, -0.25) is 14.8 Å². The molecule has 20 heavy (non-hydrogen) atoms. The highest BCUT2D eigenvalue weighted by Gasteiger charge is 2.21. The predicted molar refractivity (Wildman–Crippen MR) is 76.0 cm³/mol. The number of hydrogen-bond acceptors (Lipinski definition) is 3. The van der Waals surface area contributed by atoms with E-state index in [1.165, 1.54) is 5.56 Å². The molecule has 2 aromatic rings. The lowest BCUT2D eigenvalue weighted by atomic mass is 10.0. The monoisotopic (exact) mass is 267 g/mol. The fourth-order valence-electron chi connectivity index (χ4n) is 2.53. The van der Waals surface area contributed by atoms with Crippen molar-refractivity contribution in [2.24, 2.45) is 0 Å². The van der Waals surface area contributed by atoms with E-state index in [2.05, 4.69) is 16.0 Å². The molecule has 0 aliphatic carbocycles. The van der Waals surface area contributed by atoms with E-state index in [1.54, 1.807) is 12.4 Å². The Kier molecular flexibility index (Phi) is 3.46. The molecule has 1 aliphatic rings. The van der Waals surface area contributed by atoms with Gasteiger partial charge in [0.15, 0.2) is 0 Å². The van der Waals surface area contributed by atoms with Gasteiger partial charge in [-0.2, -0.15) is 0 Å². The Labute approximate surface area is 118 Å². The Bertz CT molecular complexity index is 625. The van der Waals surface area contributed by atoms with Crippen LogP contribution < -0.4 is 0 Å². The molecule has 1 amide bonds. The predicted octanol–water partition coefficient (Wildman–Crippen LogP) is 1.91. The van der Waals surface area contributed by atoms with Crippen LogP contribution in [0.3, 0.4) is 0 Å². The zero-order chi connectivity index (χ0) is 13.9. The van der Waals surface area contributed by atoms with Gasteiger partial charge in [-0.15, -0.1) is 0 Å². The third-order valence-electron chi connectivity index (χ3n) is 3.64. The number of aryl methyl sites for hydroxylation is 1. The molecule has 0 saturated heterocycles. The fraction of sp³-hybridized carbons (Fsp3) is 0.312. The standard InChI is InChI=1S/C16H17N3O/c1-12-2-3-14-11-19(9-6-15(14)18-12)16(20)10-13-4-7-17-8-5-13/h2-5,7-8H,6,9-11H2,1H3. The minimum atomic E-state index is 0.169. The van der Waals surface area contributed by atoms with Crippen molar-refractivity contribution in [3.05, 3.63) is 59.2 Å². The molecular weight excluding hydrogens is 250 g/mol. The maximum Gasteiger partial charge on any atom is 0.227 e. The molecule has 3 heterocycles. The zero-order valence-electron chi connectivity index (χ0n) is 11.5. The number of aromatic nitrogens is 2. The number of rotatable bonds is 2. The van der Waals surface area contributed by atoms with Gasteiger partial charge < -0.3 is 4.90 Å². The van der Waals surface area contributed by atoms with Crippen LogP contribution in [0.1, 0.15) is 22.5 Å². The van der Waals surface area contributed by atoms with Crippen LogP contribution in [0, 0.1) is 6.92 Å². The van der Waals surface area contributed by atoms with Crippen LogP contribution in [0.5, 0.6) is 0 Å². The molecule has 0 unspecified atom stereocenters. The smallest absolute Gasteiger partial charge is 0.227 e. The average Bonchev–Trinajstić information content (AvgIpc) is 2.47. The van der Waals surface area contributed by atoms with Gasteiger partial charge in [-0.1, -0.05) is 6.07 Å². The van der Waals surface area contributed by atoms with E-state index in [0.29, 0.717) is 13.0 Å². The van der Waals surface area contributed by atoms with Gasteiger partial charge in [-0.25, -0.2) is 0 Å². The summed E-state index contributed by atoms with van der Waals surface area (Å²) in [4.78, 5) is 22.8. The summed E-state index contributed by atoms with van der Waals surface area (Å²) in [5.41, 5.74) is 4.36. The first-order valence-electron chi connectivity index (χ1n) is 6.84. The summed E-state index contributed by atoms with van der Waals surface area (Å²) in [6.45, 7) is 3.43. The van der Waals surface area contributed by atoms with Gasteiger partial charge >= 0.3 is 0 Å². The first-order valence-corrected chi connectivity index (χ1v) is 6.84. The molecule has 0 aromatic carbocycles. The summed E-state index contributed by atoms with van der Waals surface area (Å²) in [6.07, 6.45) is 4.73. The molecule has 0 bridgehead atoms. The van der Waals surface area contributed by atoms with Crippen molar-refractivity contribution in [3.63, 3.8) is 0 Å². The zero-order valence-corrected chi connectivity index (χ0v) is 11.5. The Morgan fingerprint density at radius 2 is 2.05 bits per heavy atom. The quantitative estimate of drug-likeness (QED) is 0.835. The number of amides is 1. The topological polar surface area (TPSA) is 46.1 Å². The average molecular weight is 267 g/mol. The van der Waals surface area contributed by atoms with Crippen LogP contribution >= 0.6 is 0 Å². The lowest BCUT2D eigenvalue weighted by Gasteiger charge is -2.28. The van der Waals surface area contributed by atoms with Crippen LogP contribution in [0.2, 0.25) is 0 Å². The molecular formula is C16H17N3O. The summed E-state index contributed by atoms with van der Waals surface area (Å²) in [7, 11) is 0. The number of pyridine rings is 2. The van der Waals surface area contributed by atoms with Gasteiger partial charge in [0.25, 0.3) is 0 Å². The second kappa shape index (κ2) is 5.41. The Hall–Kier alpha value is -2.23. The largest absolute Gasteiger partial charge is 0.338 e. The van der Waals surface area contributed by atoms with Crippen LogP contribution in [0.25, 0.3) is 0 Å². The van der Waals surface area contributed by atoms with Crippen molar-refractivity contribution in [3.8, 4) is 0 Å². The van der Waals surface area contributed by atoms with Crippen LogP contribution in [-0.2, 0) is 24.2 Å². The Morgan fingerprint density at radius 3 is 2.85 bits per heavy atom. The van der Waals surface area contributed by atoms with E-state index < -0.39 is 0 Å². The number of carbonyl (C=O) groups excluding carboxylic acids is 1. The van der Waals surface area contributed by atoms with Crippen LogP contribution in [0.15, 0.2) is 36.7 Å². The summed E-state index contributed by atoms with van der Waals surface area (Å²) in [6, 6.07) is 7.88. The summed E-state index contributed by atoms with van der Waals surface area (Å²) < 4.78 is 0. The van der Waals surface area contributed by atoms with Gasteiger partial charge in [0, 0.05) is 43.3 Å². The molecule has 102 valence electrons. The van der Waals surface area contributed by atoms with Crippen LogP contribution in [-0.4, -0.2) is 27.3 Å². The van der Waals surface area contributed by atoms with E-state index in [1.807, 2.05) is 30.0 Å². The molecule has 0 spiro atoms. The maximum atomic E-state index is 12.3. The normalized spacial score (nSPS) is 13.9. The Morgan fingerprint density at radius 1 is 1.25 bits per heavy atom. The van der Waals surface area contributed by atoms with Gasteiger partial charge in [0.05, 0.1) is 6.42 Å². The third-order valence-corrected chi connectivity index (χ3v) is 3.64. The molecule has 1 aliphatic heterocycles. The lowest BCUT2D eigenvalue weighted by molar-refractivity contribution is -0.131. The highest BCUT2D eigenvalue weighted by molar-refractivity contribution is 5.79. The molecule has 0 atom stereocenters. The van der Waals surface area contributed by atoms with E-state index in [9.17, 15) is 4.79 Å². The highest BCUT2D eigenvalue weighted by atomic mass is 16.2. The van der Waals surface area contributed by atoms with Crippen molar-refractivity contribution in [1.82, 2.24) is 14.9 Å². The minimum Gasteiger partial charge on any atom is -0.338 e. The van der Waals surface area contributed by atoms with E-state index in [0.717, 1.165) is 29.9 Å². The summed E-state index contributed by atoms with van der Waals surface area (Å²) >= 11 is 0. The van der Waals surface area contributed by atoms with Crippen molar-refractivity contribution < 1.29 is 4.79 Å². The Balaban J connectivity index is 1.70. The van der Waals surface area contributed by atoms with Crippen molar-refractivity contribution >= 4 is 5.91 Å². The number of fused-ring (bicyclic) bond motifs is 1. The first kappa shape index (κ1) is 12.8. The summed E-state index contributed by atoms with van der Waals surface area (Å²) in [5.74, 6) is 0.169. The molecule has 0 N–H and O–H groups in total. The molecule has 4 nitrogen and oxygen atoms in total. The number of hydrogen-bond donors (Lipinski definition) is 0. The minimum absolute atomic E-state index is 0.169. The van der Waals surface area contributed by atoms with Crippen LogP contribution in [0.4, 0.5) is 0 Å². The van der Waals surface area contributed by atoms with Crippen molar-refractivity contribution in [2.45, 2.75) is 26.3 Å². The van der Waals surface area contributed by atoms with Crippen molar-refractivity contribution in [2.75, 3.05) is 6.54 Å². The van der Waals surface area contributed by atoms with Gasteiger partial charge in [-0.05, 0) is 36.2 Å². The van der Waals surface area contributed by atoms with Gasteiger partial charge in [0.2, 0.25) is 5.91 Å². The fourth-order valence-corrected chi connectivity index (χ4v) is 2.53. The summed E-state index contributed by atoms with van der Waals surface area (Å²) in [5, 5.41) is 0.